The first kappa shape index (κ1) is 30.8. The largest absolute Gasteiger partial charge is 0.466 e. The summed E-state index contributed by atoms with van der Waals surface area (Å²) in [5, 5.41) is 10.5. The molecule has 2 fully saturated rings. The first-order valence-electron chi connectivity index (χ1n) is 13.8. The summed E-state index contributed by atoms with van der Waals surface area (Å²) >= 11 is 13.1. The molecule has 0 aliphatic carbocycles. The topological polar surface area (TPSA) is 95.6 Å². The standard InChI is InChI=1S/C30H33ClN4O4S2/c1-4-6-13-34-26(33-14-11-20(12-15-33)29(38)39-5-2)22(19(3)23(17-32)27(34)36)16-25-28(37)35(30(40)41-25)18-21-9-7-8-10-24(21)31/h7-10,16,20H,4-6,11-15,18H2,1-3H3/b25-16+. The summed E-state index contributed by atoms with van der Waals surface area (Å²) in [6, 6.07) is 9.41. The Morgan fingerprint density at radius 3 is 2.59 bits per heavy atom. The zero-order chi connectivity index (χ0) is 29.7. The van der Waals surface area contributed by atoms with Crippen molar-refractivity contribution in [3.8, 4) is 6.07 Å². The molecule has 0 unspecified atom stereocenters. The van der Waals surface area contributed by atoms with Gasteiger partial charge in [0.2, 0.25) is 0 Å². The number of piperidine rings is 1. The number of hydrogen-bond donors (Lipinski definition) is 0. The fourth-order valence-corrected chi connectivity index (χ4v) is 6.59. The number of pyridine rings is 1. The number of rotatable bonds is 9. The highest BCUT2D eigenvalue weighted by Crippen LogP contribution is 2.38. The van der Waals surface area contributed by atoms with E-state index in [9.17, 15) is 19.6 Å². The van der Waals surface area contributed by atoms with Gasteiger partial charge in [0, 0.05) is 30.2 Å². The maximum absolute atomic E-state index is 13.6. The first-order valence-corrected chi connectivity index (χ1v) is 15.4. The zero-order valence-electron chi connectivity index (χ0n) is 23.4. The van der Waals surface area contributed by atoms with Gasteiger partial charge in [-0.05, 0) is 56.4 Å². The molecule has 1 amide bonds. The highest BCUT2D eigenvalue weighted by atomic mass is 35.5. The minimum atomic E-state index is -0.343. The Bertz CT molecular complexity index is 1490. The van der Waals surface area contributed by atoms with Crippen LogP contribution in [0.2, 0.25) is 5.02 Å². The van der Waals surface area contributed by atoms with Gasteiger partial charge in [-0.3, -0.25) is 23.9 Å². The van der Waals surface area contributed by atoms with Crippen LogP contribution < -0.4 is 10.5 Å². The van der Waals surface area contributed by atoms with Crippen molar-refractivity contribution in [1.82, 2.24) is 9.47 Å². The van der Waals surface area contributed by atoms with Crippen LogP contribution in [0, 0.1) is 24.2 Å². The molecule has 2 aliphatic heterocycles. The second kappa shape index (κ2) is 13.7. The predicted octanol–water partition coefficient (Wildman–Crippen LogP) is 5.66. The van der Waals surface area contributed by atoms with Crippen LogP contribution in [0.5, 0.6) is 0 Å². The lowest BCUT2D eigenvalue weighted by Crippen LogP contribution is -2.41. The van der Waals surface area contributed by atoms with Gasteiger partial charge in [-0.2, -0.15) is 5.26 Å². The van der Waals surface area contributed by atoms with Crippen LogP contribution in [0.25, 0.3) is 6.08 Å². The van der Waals surface area contributed by atoms with Crippen LogP contribution in [0.4, 0.5) is 5.82 Å². The molecule has 8 nitrogen and oxygen atoms in total. The molecule has 0 bridgehead atoms. The monoisotopic (exact) mass is 612 g/mol. The van der Waals surface area contributed by atoms with Crippen molar-refractivity contribution in [3.05, 3.63) is 66.8 Å². The number of carbonyl (C=O) groups excluding carboxylic acids is 2. The van der Waals surface area contributed by atoms with Crippen molar-refractivity contribution >= 4 is 63.7 Å². The Morgan fingerprint density at radius 1 is 1.24 bits per heavy atom. The van der Waals surface area contributed by atoms with E-state index in [4.69, 9.17) is 28.6 Å². The zero-order valence-corrected chi connectivity index (χ0v) is 25.8. The van der Waals surface area contributed by atoms with Crippen LogP contribution in [0.3, 0.4) is 0 Å². The van der Waals surface area contributed by atoms with Crippen LogP contribution in [-0.4, -0.2) is 45.4 Å². The van der Waals surface area contributed by atoms with Crippen molar-refractivity contribution in [1.29, 1.82) is 5.26 Å². The minimum Gasteiger partial charge on any atom is -0.466 e. The smallest absolute Gasteiger partial charge is 0.309 e. The second-order valence-electron chi connectivity index (χ2n) is 10.0. The van der Waals surface area contributed by atoms with Gasteiger partial charge in [0.25, 0.3) is 11.5 Å². The van der Waals surface area contributed by atoms with Crippen LogP contribution in [-0.2, 0) is 27.4 Å². The molecule has 0 radical (unpaired) electrons. The number of nitrogens with zero attached hydrogens (tertiary/aromatic N) is 4. The average Bonchev–Trinajstić information content (AvgIpc) is 3.22. The number of unbranched alkanes of at least 4 members (excludes halogenated alkanes) is 1. The molecular formula is C30H33ClN4O4S2. The number of esters is 1. The number of aromatic nitrogens is 1. The van der Waals surface area contributed by atoms with E-state index in [1.807, 2.05) is 25.1 Å². The van der Waals surface area contributed by atoms with E-state index in [-0.39, 0.29) is 35.5 Å². The Morgan fingerprint density at radius 2 is 1.95 bits per heavy atom. The number of thiocarbonyl (C=S) groups is 1. The SMILES string of the molecule is CCCCn1c(N2CCC(C(=O)OCC)CC2)c(/C=C2/SC(=S)N(Cc3ccccc3Cl)C2=O)c(C)c(C#N)c1=O. The molecule has 216 valence electrons. The summed E-state index contributed by atoms with van der Waals surface area (Å²) in [4.78, 5) is 43.6. The van der Waals surface area contributed by atoms with Crippen LogP contribution >= 0.6 is 35.6 Å². The van der Waals surface area contributed by atoms with Gasteiger partial charge in [0.15, 0.2) is 0 Å². The Hall–Kier alpha value is -3.13. The summed E-state index contributed by atoms with van der Waals surface area (Å²) in [6.07, 6.45) is 4.54. The molecule has 2 saturated heterocycles. The fourth-order valence-electron chi connectivity index (χ4n) is 5.16. The van der Waals surface area contributed by atoms with Gasteiger partial charge < -0.3 is 9.64 Å². The van der Waals surface area contributed by atoms with Gasteiger partial charge in [-0.15, -0.1) is 0 Å². The maximum Gasteiger partial charge on any atom is 0.309 e. The van der Waals surface area contributed by atoms with E-state index in [0.717, 1.165) is 18.4 Å². The van der Waals surface area contributed by atoms with Gasteiger partial charge in [0.1, 0.15) is 21.8 Å². The van der Waals surface area contributed by atoms with Crippen molar-refractivity contribution in [2.75, 3.05) is 24.6 Å². The van der Waals surface area contributed by atoms with E-state index >= 15 is 0 Å². The molecule has 2 aromatic rings. The number of halogens is 1. The second-order valence-corrected chi connectivity index (χ2v) is 12.1. The van der Waals surface area contributed by atoms with Crippen molar-refractivity contribution in [3.63, 3.8) is 0 Å². The summed E-state index contributed by atoms with van der Waals surface area (Å²) in [7, 11) is 0. The van der Waals surface area contributed by atoms with Crippen LogP contribution in [0.1, 0.15) is 61.8 Å². The lowest BCUT2D eigenvalue weighted by molar-refractivity contribution is -0.148. The van der Waals surface area contributed by atoms with E-state index in [0.29, 0.717) is 70.3 Å². The quantitative estimate of drug-likeness (QED) is 0.203. The van der Waals surface area contributed by atoms with E-state index in [1.54, 1.807) is 30.6 Å². The third-order valence-corrected chi connectivity index (χ3v) is 9.18. The number of amides is 1. The molecule has 11 heteroatoms. The lowest BCUT2D eigenvalue weighted by atomic mass is 9.95. The third-order valence-electron chi connectivity index (χ3n) is 7.43. The number of anilines is 1. The molecule has 4 rings (SSSR count). The van der Waals surface area contributed by atoms with E-state index in [2.05, 4.69) is 11.0 Å². The average molecular weight is 613 g/mol. The molecule has 3 heterocycles. The molecule has 0 N–H and O–H groups in total. The molecule has 0 atom stereocenters. The number of carbonyl (C=O) groups is 2. The summed E-state index contributed by atoms with van der Waals surface area (Å²) in [5.41, 5.74) is 1.66. The highest BCUT2D eigenvalue weighted by molar-refractivity contribution is 8.26. The van der Waals surface area contributed by atoms with E-state index < -0.39 is 0 Å². The summed E-state index contributed by atoms with van der Waals surface area (Å²) < 4.78 is 7.31. The molecule has 2 aliphatic rings. The molecular weight excluding hydrogens is 580 g/mol. The van der Waals surface area contributed by atoms with Gasteiger partial charge in [-0.1, -0.05) is 67.1 Å². The third kappa shape index (κ3) is 6.53. The molecule has 1 aromatic carbocycles. The number of ether oxygens (including phenoxy) is 1. The highest BCUT2D eigenvalue weighted by Gasteiger charge is 2.34. The number of nitriles is 1. The Kier molecular flexibility index (Phi) is 10.3. The number of thioether (sulfide) groups is 1. The maximum atomic E-state index is 13.6. The van der Waals surface area contributed by atoms with Crippen molar-refractivity contribution < 1.29 is 14.3 Å². The van der Waals surface area contributed by atoms with Gasteiger partial charge >= 0.3 is 5.97 Å². The van der Waals surface area contributed by atoms with E-state index in [1.165, 1.54) is 16.7 Å². The fraction of sp³-hybridized carbons (Fsp3) is 0.433. The molecule has 0 spiro atoms. The minimum absolute atomic E-state index is 0.0593. The predicted molar refractivity (Wildman–Crippen MR) is 167 cm³/mol. The first-order chi connectivity index (χ1) is 19.7. The normalized spacial score (nSPS) is 16.9. The van der Waals surface area contributed by atoms with Crippen LogP contribution in [0.15, 0.2) is 34.0 Å². The molecule has 1 aromatic heterocycles. The van der Waals surface area contributed by atoms with Gasteiger partial charge in [0.05, 0.1) is 24.0 Å². The molecule has 0 saturated carbocycles. The van der Waals surface area contributed by atoms with Crippen molar-refractivity contribution in [2.24, 2.45) is 5.92 Å². The number of hydrogen-bond acceptors (Lipinski definition) is 8. The number of benzene rings is 1. The Balaban J connectivity index is 1.77. The lowest BCUT2D eigenvalue weighted by Gasteiger charge is -2.35. The Labute approximate surface area is 254 Å². The summed E-state index contributed by atoms with van der Waals surface area (Å²) in [5.74, 6) is 0.00897. The summed E-state index contributed by atoms with van der Waals surface area (Å²) in [6.45, 7) is 7.67. The van der Waals surface area contributed by atoms with Crippen molar-refractivity contribution in [2.45, 2.75) is 59.5 Å². The van der Waals surface area contributed by atoms with Gasteiger partial charge in [-0.25, -0.2) is 0 Å². The molecule has 41 heavy (non-hydrogen) atoms.